The zero-order valence-electron chi connectivity index (χ0n) is 8.20. The Morgan fingerprint density at radius 1 is 1.47 bits per heavy atom. The van der Waals surface area contributed by atoms with E-state index in [0.717, 1.165) is 12.0 Å². The molecule has 1 saturated carbocycles. The second-order valence-corrected chi connectivity index (χ2v) is 4.85. The summed E-state index contributed by atoms with van der Waals surface area (Å²) in [6, 6.07) is 7.42. The van der Waals surface area contributed by atoms with E-state index in [9.17, 15) is 8.78 Å². The molecule has 1 aliphatic rings. The predicted octanol–water partition coefficient (Wildman–Crippen LogP) is 3.06. The summed E-state index contributed by atoms with van der Waals surface area (Å²) < 4.78 is 24.3. The molecule has 0 aromatic heterocycles. The van der Waals surface area contributed by atoms with E-state index in [4.69, 9.17) is 5.73 Å². The molecule has 2 atom stereocenters. The molecule has 1 nitrogen and oxygen atoms in total. The molecule has 0 spiro atoms. The number of hydrogen-bond donors (Lipinski definition) is 1. The maximum Gasteiger partial charge on any atom is 0.288 e. The van der Waals surface area contributed by atoms with Gasteiger partial charge in [-0.05, 0) is 42.5 Å². The van der Waals surface area contributed by atoms with E-state index < -0.39 is 5.76 Å². The molecule has 2 unspecified atom stereocenters. The number of nitrogens with two attached hydrogens (primary N) is 1. The van der Waals surface area contributed by atoms with Crippen molar-refractivity contribution in [3.05, 3.63) is 29.8 Å². The van der Waals surface area contributed by atoms with Crippen molar-refractivity contribution in [2.24, 2.45) is 11.7 Å². The second-order valence-electron chi connectivity index (χ2n) is 3.79. The number of rotatable bonds is 4. The summed E-state index contributed by atoms with van der Waals surface area (Å²) in [7, 11) is 0. The molecule has 0 amide bonds. The lowest BCUT2D eigenvalue weighted by atomic mass is 10.1. The SMILES string of the molecule is NCC1CC1c1cccc(SC(F)F)c1. The van der Waals surface area contributed by atoms with Gasteiger partial charge in [-0.2, -0.15) is 8.78 Å². The minimum absolute atomic E-state index is 0.494. The summed E-state index contributed by atoms with van der Waals surface area (Å²) in [4.78, 5) is 0.644. The molecule has 0 radical (unpaired) electrons. The van der Waals surface area contributed by atoms with Gasteiger partial charge in [-0.25, -0.2) is 0 Å². The Bertz CT molecular complexity index is 343. The van der Waals surface area contributed by atoms with Crippen molar-refractivity contribution in [2.45, 2.75) is 23.0 Å². The largest absolute Gasteiger partial charge is 0.330 e. The third-order valence-corrected chi connectivity index (χ3v) is 3.44. The number of alkyl halides is 2. The first-order valence-electron chi connectivity index (χ1n) is 4.95. The minimum Gasteiger partial charge on any atom is -0.330 e. The van der Waals surface area contributed by atoms with E-state index >= 15 is 0 Å². The molecule has 2 rings (SSSR count). The van der Waals surface area contributed by atoms with Crippen LogP contribution < -0.4 is 5.73 Å². The van der Waals surface area contributed by atoms with E-state index in [1.165, 1.54) is 0 Å². The van der Waals surface area contributed by atoms with Gasteiger partial charge in [-0.1, -0.05) is 23.9 Å². The fraction of sp³-hybridized carbons (Fsp3) is 0.455. The van der Waals surface area contributed by atoms with Crippen LogP contribution in [-0.4, -0.2) is 12.3 Å². The van der Waals surface area contributed by atoms with E-state index in [1.807, 2.05) is 18.2 Å². The highest BCUT2D eigenvalue weighted by Crippen LogP contribution is 2.47. The summed E-state index contributed by atoms with van der Waals surface area (Å²) >= 11 is 0.602. The lowest BCUT2D eigenvalue weighted by molar-refractivity contribution is 0.252. The number of thioether (sulfide) groups is 1. The standard InChI is InChI=1S/C11H13F2NS/c12-11(13)15-9-3-1-2-7(4-9)10-5-8(10)6-14/h1-4,8,10-11H,5-6,14H2. The topological polar surface area (TPSA) is 26.0 Å². The average molecular weight is 229 g/mol. The molecule has 2 N–H and O–H groups in total. The van der Waals surface area contributed by atoms with Gasteiger partial charge < -0.3 is 5.73 Å². The molecule has 1 aliphatic carbocycles. The molecular weight excluding hydrogens is 216 g/mol. The first-order valence-corrected chi connectivity index (χ1v) is 5.83. The first kappa shape index (κ1) is 10.9. The molecule has 0 aliphatic heterocycles. The molecule has 15 heavy (non-hydrogen) atoms. The number of halogens is 2. The molecule has 0 bridgehead atoms. The molecular formula is C11H13F2NS. The second kappa shape index (κ2) is 4.49. The van der Waals surface area contributed by atoms with Gasteiger partial charge in [0.2, 0.25) is 0 Å². The van der Waals surface area contributed by atoms with Crippen LogP contribution in [0.1, 0.15) is 17.9 Å². The molecule has 1 aromatic rings. The molecule has 1 fully saturated rings. The maximum atomic E-state index is 12.2. The minimum atomic E-state index is -2.34. The Morgan fingerprint density at radius 2 is 2.27 bits per heavy atom. The highest BCUT2D eigenvalue weighted by molar-refractivity contribution is 7.99. The molecule has 0 saturated heterocycles. The predicted molar refractivity (Wildman–Crippen MR) is 58.2 cm³/mol. The Hall–Kier alpha value is -0.610. The smallest absolute Gasteiger partial charge is 0.288 e. The van der Waals surface area contributed by atoms with Crippen molar-refractivity contribution in [2.75, 3.05) is 6.54 Å². The van der Waals surface area contributed by atoms with Crippen LogP contribution in [0.15, 0.2) is 29.2 Å². The van der Waals surface area contributed by atoms with Gasteiger partial charge in [0, 0.05) is 4.90 Å². The maximum absolute atomic E-state index is 12.2. The van der Waals surface area contributed by atoms with Gasteiger partial charge in [0.15, 0.2) is 0 Å². The van der Waals surface area contributed by atoms with Crippen molar-refractivity contribution >= 4 is 11.8 Å². The lowest BCUT2D eigenvalue weighted by Crippen LogP contribution is -2.01. The quantitative estimate of drug-likeness (QED) is 0.803. The highest BCUT2D eigenvalue weighted by atomic mass is 32.2. The van der Waals surface area contributed by atoms with Crippen LogP contribution in [0, 0.1) is 5.92 Å². The van der Waals surface area contributed by atoms with Crippen LogP contribution in [0.3, 0.4) is 0 Å². The fourth-order valence-electron chi connectivity index (χ4n) is 1.84. The Balaban J connectivity index is 2.06. The molecule has 0 heterocycles. The van der Waals surface area contributed by atoms with Gasteiger partial charge in [-0.15, -0.1) is 0 Å². The Morgan fingerprint density at radius 3 is 2.87 bits per heavy atom. The fourth-order valence-corrected chi connectivity index (χ4v) is 2.40. The van der Waals surface area contributed by atoms with Gasteiger partial charge in [-0.3, -0.25) is 0 Å². The highest BCUT2D eigenvalue weighted by Gasteiger charge is 2.36. The first-order chi connectivity index (χ1) is 7.20. The van der Waals surface area contributed by atoms with Crippen LogP contribution in [-0.2, 0) is 0 Å². The van der Waals surface area contributed by atoms with E-state index in [-0.39, 0.29) is 0 Å². The van der Waals surface area contributed by atoms with E-state index in [0.29, 0.717) is 35.0 Å². The summed E-state index contributed by atoms with van der Waals surface area (Å²) in [6.07, 6.45) is 1.10. The van der Waals surface area contributed by atoms with E-state index in [1.54, 1.807) is 6.07 Å². The molecule has 82 valence electrons. The van der Waals surface area contributed by atoms with Crippen LogP contribution in [0.2, 0.25) is 0 Å². The monoisotopic (exact) mass is 229 g/mol. The van der Waals surface area contributed by atoms with E-state index in [2.05, 4.69) is 0 Å². The van der Waals surface area contributed by atoms with Crippen molar-refractivity contribution in [3.8, 4) is 0 Å². The summed E-state index contributed by atoms with van der Waals surface area (Å²) in [6.45, 7) is 0.691. The third kappa shape index (κ3) is 2.69. The molecule has 4 heteroatoms. The average Bonchev–Trinajstić information content (AvgIpc) is 2.96. The number of benzene rings is 1. The normalized spacial score (nSPS) is 24.5. The Labute approximate surface area is 92.0 Å². The van der Waals surface area contributed by atoms with Crippen LogP contribution >= 0.6 is 11.8 Å². The third-order valence-electron chi connectivity index (χ3n) is 2.74. The zero-order valence-corrected chi connectivity index (χ0v) is 9.01. The van der Waals surface area contributed by atoms with Crippen LogP contribution in [0.5, 0.6) is 0 Å². The number of hydrogen-bond acceptors (Lipinski definition) is 2. The lowest BCUT2D eigenvalue weighted by Gasteiger charge is -2.03. The van der Waals surface area contributed by atoms with Gasteiger partial charge >= 0.3 is 0 Å². The summed E-state index contributed by atoms with van der Waals surface area (Å²) in [5.74, 6) is -1.30. The van der Waals surface area contributed by atoms with Gasteiger partial charge in [0.05, 0.1) is 0 Å². The summed E-state index contributed by atoms with van der Waals surface area (Å²) in [5.41, 5.74) is 6.70. The summed E-state index contributed by atoms with van der Waals surface area (Å²) in [5, 5.41) is 0. The van der Waals surface area contributed by atoms with Gasteiger partial charge in [0.1, 0.15) is 0 Å². The van der Waals surface area contributed by atoms with Gasteiger partial charge in [0.25, 0.3) is 5.76 Å². The van der Waals surface area contributed by atoms with Crippen molar-refractivity contribution in [1.29, 1.82) is 0 Å². The van der Waals surface area contributed by atoms with Crippen molar-refractivity contribution in [1.82, 2.24) is 0 Å². The zero-order chi connectivity index (χ0) is 10.8. The van der Waals surface area contributed by atoms with Crippen LogP contribution in [0.4, 0.5) is 8.78 Å². The molecule has 1 aromatic carbocycles. The van der Waals surface area contributed by atoms with Crippen LogP contribution in [0.25, 0.3) is 0 Å². The van der Waals surface area contributed by atoms with Crippen molar-refractivity contribution < 1.29 is 8.78 Å². The Kier molecular flexibility index (Phi) is 3.26. The van der Waals surface area contributed by atoms with Crippen molar-refractivity contribution in [3.63, 3.8) is 0 Å².